The quantitative estimate of drug-likeness (QED) is 0.382. The topological polar surface area (TPSA) is 37.4 Å². The number of benzene rings is 1. The fraction of sp³-hybridized carbons (Fsp3) is 0.333. The molecule has 1 aliphatic rings. The van der Waals surface area contributed by atoms with Gasteiger partial charge in [-0.2, -0.15) is 0 Å². The lowest BCUT2D eigenvalue weighted by Crippen LogP contribution is -2.24. The Morgan fingerprint density at radius 2 is 1.11 bits per heavy atom. The summed E-state index contributed by atoms with van der Waals surface area (Å²) in [5.41, 5.74) is 1.01. The lowest BCUT2D eigenvalue weighted by molar-refractivity contribution is 0.0693. The molecule has 19 heavy (non-hydrogen) atoms. The van der Waals surface area contributed by atoms with Crippen molar-refractivity contribution in [2.75, 3.05) is 7.05 Å². The Balaban J connectivity index is -0.000000325. The normalized spacial score (nSPS) is 10.5. The van der Waals surface area contributed by atoms with Gasteiger partial charge in [-0.3, -0.25) is 14.5 Å². The minimum Gasteiger partial charge on any atom is -0.277 e. The third kappa shape index (κ3) is 5.55. The molecule has 1 aromatic carbocycles. The molecule has 0 aliphatic carbocycles. The van der Waals surface area contributed by atoms with Crippen LogP contribution in [0.4, 0.5) is 0 Å². The summed E-state index contributed by atoms with van der Waals surface area (Å²) in [7, 11) is 1.49. The summed E-state index contributed by atoms with van der Waals surface area (Å²) in [5, 5.41) is 0. The molecule has 0 atom stereocenters. The van der Waals surface area contributed by atoms with E-state index in [-0.39, 0.29) is 35.8 Å². The maximum atomic E-state index is 11.3. The minimum absolute atomic E-state index is 0. The van der Waals surface area contributed by atoms with Crippen LogP contribution in [0.5, 0.6) is 0 Å². The molecule has 3 nitrogen and oxygen atoms in total. The van der Waals surface area contributed by atoms with Gasteiger partial charge < -0.3 is 0 Å². The second-order valence-electron chi connectivity index (χ2n) is 2.71. The maximum absolute atomic E-state index is 11.3. The van der Waals surface area contributed by atoms with Crippen LogP contribution < -0.4 is 0 Å². The van der Waals surface area contributed by atoms with Crippen molar-refractivity contribution in [3.63, 3.8) is 0 Å². The molecule has 4 heteroatoms. The van der Waals surface area contributed by atoms with Crippen molar-refractivity contribution in [1.82, 2.24) is 4.90 Å². The van der Waals surface area contributed by atoms with Gasteiger partial charge in [-0.25, -0.2) is 0 Å². The molecule has 0 bridgehead atoms. The Hall–Kier alpha value is -1.17. The second-order valence-corrected chi connectivity index (χ2v) is 2.71. The Labute approximate surface area is 133 Å². The maximum Gasteiger partial charge on any atom is 0.261 e. The van der Waals surface area contributed by atoms with Crippen LogP contribution in [-0.2, 0) is 0 Å². The summed E-state index contributed by atoms with van der Waals surface area (Å²) < 4.78 is 0. The number of halogens is 1. The third-order valence-electron chi connectivity index (χ3n) is 2.00. The molecule has 2 amide bonds. The lowest BCUT2D eigenvalue weighted by atomic mass is 10.1. The van der Waals surface area contributed by atoms with Crippen LogP contribution in [0.1, 0.15) is 48.4 Å². The molecule has 0 saturated heterocycles. The van der Waals surface area contributed by atoms with E-state index in [0.717, 1.165) is 4.90 Å². The number of imide groups is 1. The predicted molar refractivity (Wildman–Crippen MR) is 92.2 cm³/mol. The molecule has 0 N–H and O–H groups in total. The molecule has 0 saturated carbocycles. The average Bonchev–Trinajstić information content (AvgIpc) is 2.71. The van der Waals surface area contributed by atoms with Gasteiger partial charge in [-0.15, -0.1) is 37.1 Å². The van der Waals surface area contributed by atoms with Gasteiger partial charge in [0, 0.05) is 7.05 Å². The van der Waals surface area contributed by atoms with Gasteiger partial charge in [0.2, 0.25) is 0 Å². The number of fused-ring (bicyclic) bond motifs is 1. The van der Waals surface area contributed by atoms with E-state index in [1.54, 1.807) is 24.3 Å². The summed E-state index contributed by atoms with van der Waals surface area (Å²) in [5.74, 6) is -0.425. The molecule has 0 unspecified atom stereocenters. The number of amides is 2. The first-order chi connectivity index (χ1) is 8.72. The van der Waals surface area contributed by atoms with Crippen LogP contribution in [0.2, 0.25) is 0 Å². The second kappa shape index (κ2) is 13.3. The van der Waals surface area contributed by atoms with Crippen molar-refractivity contribution in [3.05, 3.63) is 48.6 Å². The summed E-state index contributed by atoms with van der Waals surface area (Å²) in [4.78, 5) is 23.8. The summed E-state index contributed by atoms with van der Waals surface area (Å²) in [6.07, 6.45) is 0. The highest BCUT2D eigenvalue weighted by atomic mass is 127. The van der Waals surface area contributed by atoms with Crippen molar-refractivity contribution in [1.29, 1.82) is 0 Å². The highest BCUT2D eigenvalue weighted by molar-refractivity contribution is 14.0. The van der Waals surface area contributed by atoms with E-state index in [0.29, 0.717) is 11.1 Å². The van der Waals surface area contributed by atoms with Gasteiger partial charge in [-0.05, 0) is 12.1 Å². The number of hydrogen-bond donors (Lipinski definition) is 0. The Kier molecular flexibility index (Phi) is 16.0. The smallest absolute Gasteiger partial charge is 0.261 e. The molecular weight excluding hydrogens is 353 g/mol. The molecule has 0 spiro atoms. The molecule has 1 aliphatic heterocycles. The Morgan fingerprint density at radius 1 is 0.842 bits per heavy atom. The number of carbonyl (C=O) groups is 2. The number of rotatable bonds is 0. The van der Waals surface area contributed by atoms with Crippen molar-refractivity contribution in [2.24, 2.45) is 0 Å². The van der Waals surface area contributed by atoms with E-state index in [4.69, 9.17) is 0 Å². The zero-order chi connectivity index (χ0) is 14.7. The van der Waals surface area contributed by atoms with Crippen molar-refractivity contribution in [2.45, 2.75) is 27.7 Å². The standard InChI is InChI=1S/C9H7NO2.2C2H6.C2H4.HI/c1-10-8(11)6-4-2-3-5-7(6)9(10)12;3*1-2;/h2-5H,1H3;2*1-2H3;1-2H2;1H. The molecule has 2 rings (SSSR count). The van der Waals surface area contributed by atoms with Crippen LogP contribution in [0.3, 0.4) is 0 Å². The monoisotopic (exact) mass is 377 g/mol. The van der Waals surface area contributed by atoms with Gasteiger partial charge in [0.05, 0.1) is 11.1 Å². The van der Waals surface area contributed by atoms with Crippen molar-refractivity contribution >= 4 is 35.8 Å². The molecule has 1 heterocycles. The van der Waals surface area contributed by atoms with Crippen LogP contribution >= 0.6 is 24.0 Å². The molecule has 0 fully saturated rings. The highest BCUT2D eigenvalue weighted by Gasteiger charge is 2.31. The summed E-state index contributed by atoms with van der Waals surface area (Å²) in [6, 6.07) is 6.84. The molecule has 1 aromatic rings. The Morgan fingerprint density at radius 3 is 1.37 bits per heavy atom. The van der Waals surface area contributed by atoms with Gasteiger partial charge in [0.1, 0.15) is 0 Å². The fourth-order valence-electron chi connectivity index (χ4n) is 1.31. The first-order valence-electron chi connectivity index (χ1n) is 6.13. The predicted octanol–water partition coefficient (Wildman–Crippen LogP) is 4.39. The fourth-order valence-corrected chi connectivity index (χ4v) is 1.31. The third-order valence-corrected chi connectivity index (χ3v) is 2.00. The van der Waals surface area contributed by atoms with E-state index in [1.165, 1.54) is 7.05 Å². The van der Waals surface area contributed by atoms with Gasteiger partial charge in [0.25, 0.3) is 11.8 Å². The van der Waals surface area contributed by atoms with Gasteiger partial charge >= 0.3 is 0 Å². The zero-order valence-corrected chi connectivity index (χ0v) is 14.7. The summed E-state index contributed by atoms with van der Waals surface area (Å²) in [6.45, 7) is 14.0. The van der Waals surface area contributed by atoms with E-state index in [2.05, 4.69) is 13.2 Å². The number of carbonyl (C=O) groups excluding carboxylic acids is 2. The molecular formula is C15H24INO2. The molecule has 108 valence electrons. The number of hydrogen-bond acceptors (Lipinski definition) is 2. The van der Waals surface area contributed by atoms with Crippen LogP contribution in [0.15, 0.2) is 37.4 Å². The lowest BCUT2D eigenvalue weighted by Gasteiger charge is -2.02. The van der Waals surface area contributed by atoms with Crippen molar-refractivity contribution in [3.8, 4) is 0 Å². The first-order valence-corrected chi connectivity index (χ1v) is 6.13. The summed E-state index contributed by atoms with van der Waals surface area (Å²) >= 11 is 0. The largest absolute Gasteiger partial charge is 0.277 e. The SMILES string of the molecule is C=C.CC.CC.CN1C(=O)c2ccccc2C1=O.I. The highest BCUT2D eigenvalue weighted by Crippen LogP contribution is 2.20. The molecule has 0 aromatic heterocycles. The van der Waals surface area contributed by atoms with E-state index in [1.807, 2.05) is 27.7 Å². The Bertz CT molecular complexity index is 356. The first kappa shape index (κ1) is 23.0. The van der Waals surface area contributed by atoms with Crippen LogP contribution in [0.25, 0.3) is 0 Å². The van der Waals surface area contributed by atoms with Crippen LogP contribution in [-0.4, -0.2) is 23.8 Å². The van der Waals surface area contributed by atoms with E-state index < -0.39 is 0 Å². The average molecular weight is 377 g/mol. The number of nitrogens with zero attached hydrogens (tertiary/aromatic N) is 1. The van der Waals surface area contributed by atoms with E-state index in [9.17, 15) is 9.59 Å². The molecule has 0 radical (unpaired) electrons. The minimum atomic E-state index is -0.212. The van der Waals surface area contributed by atoms with E-state index >= 15 is 0 Å². The zero-order valence-electron chi connectivity index (χ0n) is 12.4. The van der Waals surface area contributed by atoms with Gasteiger partial charge in [0.15, 0.2) is 0 Å². The van der Waals surface area contributed by atoms with Gasteiger partial charge in [-0.1, -0.05) is 39.8 Å². The van der Waals surface area contributed by atoms with Crippen LogP contribution in [0, 0.1) is 0 Å². The van der Waals surface area contributed by atoms with Crippen molar-refractivity contribution < 1.29 is 9.59 Å².